The molecule has 8 nitrogen and oxygen atoms in total. The molecule has 3 fully saturated rings. The number of hydrogen-bond acceptors (Lipinski definition) is 7. The molecule has 9 heteroatoms. The highest BCUT2D eigenvalue weighted by Crippen LogP contribution is 2.32. The number of morpholine rings is 1. The maximum absolute atomic E-state index is 13.8. The van der Waals surface area contributed by atoms with E-state index in [4.69, 9.17) is 15.1 Å². The lowest BCUT2D eigenvalue weighted by Crippen LogP contribution is -2.49. The number of anilines is 1. The second-order valence-electron chi connectivity index (χ2n) is 10.7. The zero-order chi connectivity index (χ0) is 26.6. The number of nitrogens with one attached hydrogen (secondary N) is 3. The van der Waals surface area contributed by atoms with Crippen LogP contribution in [-0.2, 0) is 4.74 Å². The van der Waals surface area contributed by atoms with Crippen LogP contribution in [0.2, 0.25) is 0 Å². The molecule has 0 radical (unpaired) electrons. The summed E-state index contributed by atoms with van der Waals surface area (Å²) in [6.45, 7) is 6.64. The molecule has 2 unspecified atom stereocenters. The van der Waals surface area contributed by atoms with Gasteiger partial charge >= 0.3 is 0 Å². The molecular formula is C30H38FN7O. The largest absolute Gasteiger partial charge is 0.379 e. The number of likely N-dealkylation sites (tertiary alicyclic amines) is 1. The summed E-state index contributed by atoms with van der Waals surface area (Å²) in [7, 11) is 0. The first-order valence-electron chi connectivity index (χ1n) is 14.2. The first-order chi connectivity index (χ1) is 19.1. The van der Waals surface area contributed by atoms with Crippen LogP contribution in [0.3, 0.4) is 0 Å². The molecule has 1 aromatic heterocycles. The summed E-state index contributed by atoms with van der Waals surface area (Å²) in [5.41, 5.74) is 2.79. The topological polar surface area (TPSA) is 79.8 Å². The summed E-state index contributed by atoms with van der Waals surface area (Å²) in [6.07, 6.45) is 9.88. The Kier molecular flexibility index (Phi) is 7.78. The SMILES string of the molecule is N=C(/C=C\C1NC=C(c2cccc(N3CCC(N4CCOCC4)CC3)n2)N1)N1CCCC1c1cccc(F)c1. The zero-order valence-electron chi connectivity index (χ0n) is 22.4. The number of pyridine rings is 1. The van der Waals surface area contributed by atoms with Gasteiger partial charge in [0.15, 0.2) is 0 Å². The van der Waals surface area contributed by atoms with E-state index in [-0.39, 0.29) is 18.0 Å². The van der Waals surface area contributed by atoms with Crippen molar-refractivity contribution >= 4 is 17.4 Å². The minimum atomic E-state index is -0.227. The van der Waals surface area contributed by atoms with Crippen LogP contribution in [0.15, 0.2) is 60.8 Å². The Labute approximate surface area is 230 Å². The average molecular weight is 532 g/mol. The number of rotatable bonds is 6. The standard InChI is InChI=1S/C30H38FN7O/c31-23-5-1-4-22(20-23)27-7-3-13-38(27)28(32)9-10-29-33-21-26(34-29)25-6-2-8-30(35-25)37-14-11-24(12-15-37)36-16-18-39-19-17-36/h1-2,4-6,8-10,20-21,24,27,29,32-34H,3,7,11-19H2/b10-9-,32-28?. The number of halogens is 1. The molecule has 0 spiro atoms. The molecule has 4 aliphatic heterocycles. The van der Waals surface area contributed by atoms with Crippen molar-refractivity contribution in [2.24, 2.45) is 0 Å². The fourth-order valence-electron chi connectivity index (χ4n) is 6.23. The Morgan fingerprint density at radius 1 is 1.03 bits per heavy atom. The van der Waals surface area contributed by atoms with Crippen molar-refractivity contribution in [2.75, 3.05) is 50.8 Å². The Morgan fingerprint density at radius 3 is 2.67 bits per heavy atom. The summed E-state index contributed by atoms with van der Waals surface area (Å²) < 4.78 is 19.3. The van der Waals surface area contributed by atoms with E-state index in [1.165, 1.54) is 6.07 Å². The molecule has 39 heavy (non-hydrogen) atoms. The van der Waals surface area contributed by atoms with Crippen molar-refractivity contribution in [3.8, 4) is 0 Å². The lowest BCUT2D eigenvalue weighted by Gasteiger charge is -2.40. The Bertz CT molecular complexity index is 1220. The van der Waals surface area contributed by atoms with Crippen LogP contribution in [0.5, 0.6) is 0 Å². The predicted octanol–water partition coefficient (Wildman–Crippen LogP) is 3.71. The molecule has 4 aliphatic rings. The highest BCUT2D eigenvalue weighted by Gasteiger charge is 2.28. The Balaban J connectivity index is 1.03. The van der Waals surface area contributed by atoms with Crippen LogP contribution in [0.4, 0.5) is 10.2 Å². The van der Waals surface area contributed by atoms with Crippen molar-refractivity contribution in [1.82, 2.24) is 25.4 Å². The minimum absolute atomic E-state index is 0.0434. The van der Waals surface area contributed by atoms with Gasteiger partial charge in [-0.3, -0.25) is 10.3 Å². The lowest BCUT2D eigenvalue weighted by atomic mass is 10.0. The summed E-state index contributed by atoms with van der Waals surface area (Å²) in [6, 6.07) is 13.7. The van der Waals surface area contributed by atoms with E-state index in [1.54, 1.807) is 12.1 Å². The molecule has 1 aromatic carbocycles. The number of ether oxygens (including phenoxy) is 1. The van der Waals surface area contributed by atoms with Crippen LogP contribution in [0.1, 0.15) is 43.0 Å². The second-order valence-corrected chi connectivity index (χ2v) is 10.7. The second kappa shape index (κ2) is 11.8. The summed E-state index contributed by atoms with van der Waals surface area (Å²) >= 11 is 0. The fourth-order valence-corrected chi connectivity index (χ4v) is 6.23. The van der Waals surface area contributed by atoms with Gasteiger partial charge in [-0.25, -0.2) is 9.37 Å². The van der Waals surface area contributed by atoms with Gasteiger partial charge in [-0.2, -0.15) is 0 Å². The molecule has 3 N–H and O–H groups in total. The number of hydrogen-bond donors (Lipinski definition) is 3. The zero-order valence-corrected chi connectivity index (χ0v) is 22.4. The smallest absolute Gasteiger partial charge is 0.129 e. The first kappa shape index (κ1) is 25.8. The molecule has 2 atom stereocenters. The van der Waals surface area contributed by atoms with Crippen LogP contribution in [0, 0.1) is 11.2 Å². The molecule has 206 valence electrons. The third-order valence-electron chi connectivity index (χ3n) is 8.32. The molecule has 0 bridgehead atoms. The fraction of sp³-hybridized carbons (Fsp3) is 0.467. The van der Waals surface area contributed by atoms with Gasteiger partial charge in [0.05, 0.1) is 30.6 Å². The molecule has 6 rings (SSSR count). The van der Waals surface area contributed by atoms with E-state index in [9.17, 15) is 4.39 Å². The van der Waals surface area contributed by atoms with Crippen LogP contribution in [0.25, 0.3) is 5.70 Å². The van der Waals surface area contributed by atoms with Gasteiger partial charge in [-0.15, -0.1) is 0 Å². The van der Waals surface area contributed by atoms with Crippen molar-refractivity contribution in [1.29, 1.82) is 5.41 Å². The maximum Gasteiger partial charge on any atom is 0.129 e. The Hall–Kier alpha value is -3.43. The van der Waals surface area contributed by atoms with Crippen molar-refractivity contribution in [3.05, 3.63) is 77.9 Å². The lowest BCUT2D eigenvalue weighted by molar-refractivity contribution is 0.0115. The van der Waals surface area contributed by atoms with E-state index in [2.05, 4.69) is 37.5 Å². The van der Waals surface area contributed by atoms with Crippen LogP contribution >= 0.6 is 0 Å². The molecule has 0 amide bonds. The van der Waals surface area contributed by atoms with Crippen LogP contribution < -0.4 is 15.5 Å². The maximum atomic E-state index is 13.8. The van der Waals surface area contributed by atoms with Gasteiger partial charge in [0.2, 0.25) is 0 Å². The molecular weight excluding hydrogens is 493 g/mol. The van der Waals surface area contributed by atoms with E-state index < -0.39 is 0 Å². The third kappa shape index (κ3) is 5.94. The molecule has 3 saturated heterocycles. The van der Waals surface area contributed by atoms with Crippen molar-refractivity contribution < 1.29 is 9.13 Å². The Morgan fingerprint density at radius 2 is 1.85 bits per heavy atom. The number of piperidine rings is 1. The average Bonchev–Trinajstić information content (AvgIpc) is 3.67. The van der Waals surface area contributed by atoms with Gasteiger partial charge in [0.25, 0.3) is 0 Å². The first-order valence-corrected chi connectivity index (χ1v) is 14.2. The summed E-state index contributed by atoms with van der Waals surface area (Å²) in [4.78, 5) is 12.0. The number of benzene rings is 1. The molecule has 0 saturated carbocycles. The number of amidine groups is 1. The highest BCUT2D eigenvalue weighted by molar-refractivity contribution is 5.91. The predicted molar refractivity (Wildman–Crippen MR) is 152 cm³/mol. The highest BCUT2D eigenvalue weighted by atomic mass is 19.1. The van der Waals surface area contributed by atoms with Gasteiger partial charge in [-0.05, 0) is 67.7 Å². The van der Waals surface area contributed by atoms with Gasteiger partial charge in [0.1, 0.15) is 23.6 Å². The number of nitrogens with zero attached hydrogens (tertiary/aromatic N) is 4. The van der Waals surface area contributed by atoms with Crippen molar-refractivity contribution in [2.45, 2.75) is 43.9 Å². The van der Waals surface area contributed by atoms with Gasteiger partial charge in [0, 0.05) is 45.0 Å². The van der Waals surface area contributed by atoms with Crippen LogP contribution in [-0.4, -0.2) is 78.8 Å². The summed E-state index contributed by atoms with van der Waals surface area (Å²) in [5, 5.41) is 15.5. The van der Waals surface area contributed by atoms with Gasteiger partial charge in [-0.1, -0.05) is 18.2 Å². The molecule has 0 aliphatic carbocycles. The monoisotopic (exact) mass is 531 g/mol. The minimum Gasteiger partial charge on any atom is -0.379 e. The molecule has 5 heterocycles. The van der Waals surface area contributed by atoms with Crippen molar-refractivity contribution in [3.63, 3.8) is 0 Å². The van der Waals surface area contributed by atoms with Gasteiger partial charge < -0.3 is 25.2 Å². The third-order valence-corrected chi connectivity index (χ3v) is 8.32. The van der Waals surface area contributed by atoms with E-state index >= 15 is 0 Å². The normalized spacial score (nSPS) is 24.6. The van der Waals surface area contributed by atoms with E-state index in [1.807, 2.05) is 30.5 Å². The van der Waals surface area contributed by atoms with E-state index in [0.717, 1.165) is 94.4 Å². The quantitative estimate of drug-likeness (QED) is 0.387. The number of aromatic nitrogens is 1. The van der Waals surface area contributed by atoms with E-state index in [0.29, 0.717) is 11.9 Å². The molecule has 2 aromatic rings. The summed E-state index contributed by atoms with van der Waals surface area (Å²) in [5.74, 6) is 1.24.